The van der Waals surface area contributed by atoms with Crippen molar-refractivity contribution in [3.63, 3.8) is 0 Å². The third-order valence-corrected chi connectivity index (χ3v) is 6.92. The predicted molar refractivity (Wildman–Crippen MR) is 89.3 cm³/mol. The van der Waals surface area contributed by atoms with Crippen LogP contribution in [0.5, 0.6) is 0 Å². The summed E-state index contributed by atoms with van der Waals surface area (Å²) in [7, 11) is 0. The van der Waals surface area contributed by atoms with Crippen molar-refractivity contribution in [2.24, 2.45) is 22.7 Å². The molecule has 1 saturated carbocycles. The van der Waals surface area contributed by atoms with E-state index in [0.29, 0.717) is 17.3 Å². The van der Waals surface area contributed by atoms with Crippen LogP contribution in [0.4, 0.5) is 0 Å². The third kappa shape index (κ3) is 2.26. The first kappa shape index (κ1) is 15.8. The van der Waals surface area contributed by atoms with Gasteiger partial charge in [0.25, 0.3) is 0 Å². The molecule has 0 spiro atoms. The smallest absolute Gasteiger partial charge is 0.334 e. The van der Waals surface area contributed by atoms with Gasteiger partial charge in [-0.15, -0.1) is 0 Å². The molecular weight excluding hydrogens is 272 g/mol. The van der Waals surface area contributed by atoms with Gasteiger partial charge in [-0.25, -0.2) is 4.79 Å². The van der Waals surface area contributed by atoms with E-state index in [1.54, 1.807) is 0 Å². The summed E-state index contributed by atoms with van der Waals surface area (Å²) in [6.07, 6.45) is 10.1. The zero-order valence-corrected chi connectivity index (χ0v) is 14.7. The molecule has 0 aromatic heterocycles. The number of esters is 1. The summed E-state index contributed by atoms with van der Waals surface area (Å²) < 4.78 is 5.71. The molecule has 3 aliphatic rings. The Balaban J connectivity index is 1.99. The Bertz CT molecular complexity index is 540. The molecule has 0 aromatic rings. The summed E-state index contributed by atoms with van der Waals surface area (Å²) in [5, 5.41) is 0. The number of rotatable bonds is 1. The fraction of sp³-hybridized carbons (Fsp3) is 0.750. The molecule has 0 aromatic carbocycles. The Morgan fingerprint density at radius 3 is 2.73 bits per heavy atom. The molecule has 0 N–H and O–H groups in total. The van der Waals surface area contributed by atoms with Gasteiger partial charge in [-0.05, 0) is 61.9 Å². The van der Waals surface area contributed by atoms with Crippen LogP contribution in [-0.2, 0) is 9.53 Å². The van der Waals surface area contributed by atoms with Crippen LogP contribution in [0.2, 0.25) is 0 Å². The van der Waals surface area contributed by atoms with Crippen LogP contribution in [0.1, 0.15) is 66.7 Å². The minimum atomic E-state index is -0.0643. The lowest BCUT2D eigenvalue weighted by Gasteiger charge is -2.58. The fourth-order valence-corrected chi connectivity index (χ4v) is 5.46. The molecule has 0 amide bonds. The summed E-state index contributed by atoms with van der Waals surface area (Å²) in [6, 6.07) is 0. The first-order valence-electron chi connectivity index (χ1n) is 8.83. The van der Waals surface area contributed by atoms with Gasteiger partial charge in [0, 0.05) is 11.5 Å². The van der Waals surface area contributed by atoms with E-state index in [-0.39, 0.29) is 17.5 Å². The van der Waals surface area contributed by atoms with Crippen molar-refractivity contribution in [1.82, 2.24) is 0 Å². The van der Waals surface area contributed by atoms with Crippen LogP contribution >= 0.6 is 0 Å². The van der Waals surface area contributed by atoms with E-state index in [2.05, 4.69) is 39.8 Å². The van der Waals surface area contributed by atoms with Gasteiger partial charge in [0.05, 0.1) is 0 Å². The Labute approximate surface area is 135 Å². The summed E-state index contributed by atoms with van der Waals surface area (Å²) in [6.45, 7) is 11.4. The topological polar surface area (TPSA) is 26.3 Å². The Morgan fingerprint density at radius 1 is 1.32 bits per heavy atom. The maximum Gasteiger partial charge on any atom is 0.334 e. The number of cyclic esters (lactones) is 1. The van der Waals surface area contributed by atoms with Gasteiger partial charge in [0.1, 0.15) is 6.10 Å². The third-order valence-electron chi connectivity index (χ3n) is 6.92. The molecule has 0 bridgehead atoms. The van der Waals surface area contributed by atoms with Crippen LogP contribution in [-0.4, -0.2) is 12.1 Å². The molecule has 1 heterocycles. The Hall–Kier alpha value is -1.05. The van der Waals surface area contributed by atoms with Gasteiger partial charge < -0.3 is 4.74 Å². The van der Waals surface area contributed by atoms with Gasteiger partial charge in [-0.1, -0.05) is 39.3 Å². The largest absolute Gasteiger partial charge is 0.454 e. The number of allylic oxidation sites excluding steroid dienone is 2. The number of carbonyl (C=O) groups excluding carboxylic acids is 1. The minimum absolute atomic E-state index is 0.0275. The van der Waals surface area contributed by atoms with Crippen LogP contribution in [0.3, 0.4) is 0 Å². The molecule has 2 nitrogen and oxygen atoms in total. The number of fused-ring (bicyclic) bond motifs is 3. The highest BCUT2D eigenvalue weighted by atomic mass is 16.5. The van der Waals surface area contributed by atoms with Crippen molar-refractivity contribution in [3.8, 4) is 0 Å². The van der Waals surface area contributed by atoms with Crippen molar-refractivity contribution in [3.05, 3.63) is 23.3 Å². The zero-order valence-electron chi connectivity index (χ0n) is 14.7. The van der Waals surface area contributed by atoms with Crippen LogP contribution in [0.15, 0.2) is 23.3 Å². The predicted octanol–water partition coefficient (Wildman–Crippen LogP) is 5.05. The second-order valence-corrected chi connectivity index (χ2v) is 8.51. The lowest BCUT2D eigenvalue weighted by atomic mass is 9.47. The lowest BCUT2D eigenvalue weighted by molar-refractivity contribution is -0.153. The highest BCUT2D eigenvalue weighted by molar-refractivity contribution is 5.90. The van der Waals surface area contributed by atoms with E-state index in [4.69, 9.17) is 4.74 Å². The summed E-state index contributed by atoms with van der Waals surface area (Å²) >= 11 is 0. The van der Waals surface area contributed by atoms with Crippen molar-refractivity contribution in [2.45, 2.75) is 72.8 Å². The summed E-state index contributed by atoms with van der Waals surface area (Å²) in [5.41, 5.74) is 2.78. The van der Waals surface area contributed by atoms with E-state index in [1.165, 1.54) is 24.8 Å². The van der Waals surface area contributed by atoms with Crippen molar-refractivity contribution in [1.29, 1.82) is 0 Å². The number of hydrogen-bond donors (Lipinski definition) is 0. The van der Waals surface area contributed by atoms with Gasteiger partial charge in [0.15, 0.2) is 0 Å². The van der Waals surface area contributed by atoms with Gasteiger partial charge in [-0.2, -0.15) is 0 Å². The minimum Gasteiger partial charge on any atom is -0.454 e. The number of ether oxygens (including phenoxy) is 1. The molecule has 2 heteroatoms. The number of hydrogen-bond acceptors (Lipinski definition) is 2. The molecule has 122 valence electrons. The van der Waals surface area contributed by atoms with Crippen molar-refractivity contribution >= 4 is 5.97 Å². The normalized spacial score (nSPS) is 41.1. The summed E-state index contributed by atoms with van der Waals surface area (Å²) in [4.78, 5) is 12.5. The van der Waals surface area contributed by atoms with E-state index in [1.807, 2.05) is 6.92 Å². The molecule has 2 aliphatic carbocycles. The summed E-state index contributed by atoms with van der Waals surface area (Å²) in [5.74, 6) is 0.984. The maximum absolute atomic E-state index is 12.5. The molecule has 0 radical (unpaired) electrons. The fourth-order valence-electron chi connectivity index (χ4n) is 5.46. The molecule has 2 fully saturated rings. The average Bonchev–Trinajstić information content (AvgIpc) is 2.46. The highest BCUT2D eigenvalue weighted by Crippen LogP contribution is 2.61. The number of carbonyl (C=O) groups is 1. The Kier molecular flexibility index (Phi) is 3.78. The molecule has 4 unspecified atom stereocenters. The van der Waals surface area contributed by atoms with Crippen molar-refractivity contribution in [2.75, 3.05) is 0 Å². The molecule has 1 aliphatic heterocycles. The van der Waals surface area contributed by atoms with Crippen LogP contribution in [0.25, 0.3) is 0 Å². The second kappa shape index (κ2) is 5.25. The van der Waals surface area contributed by atoms with E-state index < -0.39 is 0 Å². The van der Waals surface area contributed by atoms with Gasteiger partial charge >= 0.3 is 5.97 Å². The van der Waals surface area contributed by atoms with E-state index in [0.717, 1.165) is 18.4 Å². The first-order chi connectivity index (χ1) is 10.3. The van der Waals surface area contributed by atoms with Crippen LogP contribution < -0.4 is 0 Å². The average molecular weight is 302 g/mol. The van der Waals surface area contributed by atoms with Crippen molar-refractivity contribution < 1.29 is 9.53 Å². The zero-order chi connectivity index (χ0) is 16.1. The molecule has 1 saturated heterocycles. The second-order valence-electron chi connectivity index (χ2n) is 8.51. The maximum atomic E-state index is 12.5. The van der Waals surface area contributed by atoms with Gasteiger partial charge in [-0.3, -0.25) is 0 Å². The van der Waals surface area contributed by atoms with E-state index in [9.17, 15) is 4.79 Å². The SMILES string of the molecule is CC=C(C)C1CC2C(=CCC3C(C)(C)CCCC23C)C(=O)O1. The highest BCUT2D eigenvalue weighted by Gasteiger charge is 2.55. The molecular formula is C20H30O2. The van der Waals surface area contributed by atoms with Crippen LogP contribution in [0, 0.1) is 22.7 Å². The molecule has 4 atom stereocenters. The standard InChI is InChI=1S/C20H30O2/c1-6-13(2)16-12-15-14(18(21)22-16)8-9-17-19(3,4)10-7-11-20(15,17)5/h6,8,15-17H,7,9-12H2,1-5H3. The van der Waals surface area contributed by atoms with Gasteiger partial charge in [0.2, 0.25) is 0 Å². The monoisotopic (exact) mass is 302 g/mol. The quantitative estimate of drug-likeness (QED) is 0.500. The first-order valence-corrected chi connectivity index (χ1v) is 8.83. The Morgan fingerprint density at radius 2 is 2.05 bits per heavy atom. The lowest BCUT2D eigenvalue weighted by Crippen LogP contribution is -2.52. The molecule has 3 rings (SSSR count). The van der Waals surface area contributed by atoms with E-state index >= 15 is 0 Å². The molecule has 22 heavy (non-hydrogen) atoms.